The molecule has 6 heteroatoms. The molecule has 0 bridgehead atoms. The number of ether oxygens (including phenoxy) is 1. The molecule has 31 heavy (non-hydrogen) atoms. The number of halogens is 1. The Morgan fingerprint density at radius 3 is 2.45 bits per heavy atom. The van der Waals surface area contributed by atoms with Gasteiger partial charge in [-0.2, -0.15) is 0 Å². The molecule has 1 aliphatic rings. The molecule has 0 saturated heterocycles. The Morgan fingerprint density at radius 1 is 1.10 bits per heavy atom. The Labute approximate surface area is 183 Å². The van der Waals surface area contributed by atoms with Crippen LogP contribution < -0.4 is 10.1 Å². The first-order chi connectivity index (χ1) is 14.9. The average Bonchev–Trinajstić information content (AvgIpc) is 2.78. The predicted octanol–water partition coefficient (Wildman–Crippen LogP) is 4.38. The molecule has 0 radical (unpaired) electrons. The van der Waals surface area contributed by atoms with Crippen LogP contribution in [0.4, 0.5) is 4.39 Å². The third-order valence-electron chi connectivity index (χ3n) is 5.90. The van der Waals surface area contributed by atoms with E-state index in [0.29, 0.717) is 12.3 Å². The summed E-state index contributed by atoms with van der Waals surface area (Å²) in [7, 11) is 0. The van der Waals surface area contributed by atoms with Gasteiger partial charge in [0.05, 0.1) is 0 Å². The van der Waals surface area contributed by atoms with E-state index in [0.717, 1.165) is 36.8 Å². The van der Waals surface area contributed by atoms with E-state index in [1.807, 2.05) is 31.2 Å². The summed E-state index contributed by atoms with van der Waals surface area (Å²) in [6.45, 7) is 3.84. The molecule has 0 aromatic heterocycles. The van der Waals surface area contributed by atoms with Crippen molar-refractivity contribution in [2.75, 3.05) is 6.61 Å². The van der Waals surface area contributed by atoms with Crippen LogP contribution in [0.1, 0.15) is 50.2 Å². The number of benzene rings is 2. The molecule has 1 aliphatic carbocycles. The van der Waals surface area contributed by atoms with Gasteiger partial charge < -0.3 is 15.0 Å². The number of rotatable bonds is 8. The van der Waals surface area contributed by atoms with Crippen molar-refractivity contribution in [2.45, 2.75) is 64.6 Å². The van der Waals surface area contributed by atoms with Gasteiger partial charge in [0, 0.05) is 12.6 Å². The highest BCUT2D eigenvalue weighted by molar-refractivity contribution is 5.88. The zero-order valence-electron chi connectivity index (χ0n) is 18.3. The van der Waals surface area contributed by atoms with Gasteiger partial charge >= 0.3 is 0 Å². The van der Waals surface area contributed by atoms with Crippen LogP contribution in [0.5, 0.6) is 5.75 Å². The molecule has 3 rings (SSSR count). The van der Waals surface area contributed by atoms with E-state index in [1.54, 1.807) is 11.8 Å². The number of carbonyl (C=O) groups is 2. The highest BCUT2D eigenvalue weighted by atomic mass is 19.1. The average molecular weight is 427 g/mol. The van der Waals surface area contributed by atoms with Crippen molar-refractivity contribution in [3.63, 3.8) is 0 Å². The van der Waals surface area contributed by atoms with Crippen molar-refractivity contribution in [3.05, 3.63) is 65.5 Å². The van der Waals surface area contributed by atoms with Crippen molar-refractivity contribution in [1.29, 1.82) is 0 Å². The van der Waals surface area contributed by atoms with Crippen molar-refractivity contribution in [2.24, 2.45) is 0 Å². The Kier molecular flexibility index (Phi) is 8.04. The molecule has 1 saturated carbocycles. The molecular formula is C25H31FN2O3. The van der Waals surface area contributed by atoms with Crippen molar-refractivity contribution < 1.29 is 18.7 Å². The molecule has 1 unspecified atom stereocenters. The van der Waals surface area contributed by atoms with E-state index in [1.165, 1.54) is 30.7 Å². The largest absolute Gasteiger partial charge is 0.484 e. The lowest BCUT2D eigenvalue weighted by Gasteiger charge is -2.31. The SMILES string of the molecule is Cc1ccccc1CN(C(=O)COc1ccc(F)cc1)C(C)C(=O)NC1CCCCC1. The molecule has 1 atom stereocenters. The van der Waals surface area contributed by atoms with Crippen LogP contribution in [0.25, 0.3) is 0 Å². The summed E-state index contributed by atoms with van der Waals surface area (Å²) >= 11 is 0. The van der Waals surface area contributed by atoms with Crippen molar-refractivity contribution in [1.82, 2.24) is 10.2 Å². The van der Waals surface area contributed by atoms with E-state index < -0.39 is 6.04 Å². The molecule has 1 fully saturated rings. The number of amides is 2. The lowest BCUT2D eigenvalue weighted by atomic mass is 9.95. The Hall–Kier alpha value is -2.89. The third-order valence-corrected chi connectivity index (χ3v) is 5.90. The maximum atomic E-state index is 13.1. The number of nitrogens with zero attached hydrogens (tertiary/aromatic N) is 1. The number of nitrogens with one attached hydrogen (secondary N) is 1. The van der Waals surface area contributed by atoms with Crippen LogP contribution in [-0.2, 0) is 16.1 Å². The molecule has 1 N–H and O–H groups in total. The Morgan fingerprint density at radius 2 is 1.77 bits per heavy atom. The van der Waals surface area contributed by atoms with E-state index >= 15 is 0 Å². The summed E-state index contributed by atoms with van der Waals surface area (Å²) in [5, 5.41) is 3.12. The molecular weight excluding hydrogens is 395 g/mol. The molecule has 5 nitrogen and oxygen atoms in total. The molecule has 166 valence electrons. The molecule has 0 spiro atoms. The number of aryl methyl sites for hydroxylation is 1. The van der Waals surface area contributed by atoms with Crippen LogP contribution >= 0.6 is 0 Å². The smallest absolute Gasteiger partial charge is 0.261 e. The summed E-state index contributed by atoms with van der Waals surface area (Å²) in [5.41, 5.74) is 2.04. The molecule has 2 amide bonds. The van der Waals surface area contributed by atoms with Crippen molar-refractivity contribution in [3.8, 4) is 5.75 Å². The maximum Gasteiger partial charge on any atom is 0.261 e. The van der Waals surface area contributed by atoms with Gasteiger partial charge in [0.25, 0.3) is 5.91 Å². The van der Waals surface area contributed by atoms with Gasteiger partial charge in [0.15, 0.2) is 6.61 Å². The third kappa shape index (κ3) is 6.54. The summed E-state index contributed by atoms with van der Waals surface area (Å²) in [4.78, 5) is 27.6. The predicted molar refractivity (Wildman–Crippen MR) is 118 cm³/mol. The normalized spacial score (nSPS) is 15.2. The lowest BCUT2D eigenvalue weighted by Crippen LogP contribution is -2.51. The second kappa shape index (κ2) is 10.9. The first kappa shape index (κ1) is 22.8. The van der Waals surface area contributed by atoms with Gasteiger partial charge in [0.1, 0.15) is 17.6 Å². The van der Waals surface area contributed by atoms with Gasteiger partial charge in [-0.3, -0.25) is 9.59 Å². The fourth-order valence-corrected chi connectivity index (χ4v) is 3.88. The van der Waals surface area contributed by atoms with E-state index in [-0.39, 0.29) is 30.3 Å². The second-order valence-electron chi connectivity index (χ2n) is 8.21. The molecule has 2 aromatic rings. The zero-order valence-corrected chi connectivity index (χ0v) is 18.3. The van der Waals surface area contributed by atoms with Gasteiger partial charge in [-0.25, -0.2) is 4.39 Å². The van der Waals surface area contributed by atoms with Crippen LogP contribution in [0, 0.1) is 12.7 Å². The highest BCUT2D eigenvalue weighted by Gasteiger charge is 2.28. The minimum atomic E-state index is -0.633. The molecule has 0 heterocycles. The fraction of sp³-hybridized carbons (Fsp3) is 0.440. The van der Waals surface area contributed by atoms with Gasteiger partial charge in [-0.1, -0.05) is 43.5 Å². The van der Waals surface area contributed by atoms with Crippen LogP contribution in [0.3, 0.4) is 0 Å². The first-order valence-electron chi connectivity index (χ1n) is 11.0. The second-order valence-corrected chi connectivity index (χ2v) is 8.21. The van der Waals surface area contributed by atoms with E-state index in [4.69, 9.17) is 4.74 Å². The summed E-state index contributed by atoms with van der Waals surface area (Å²) < 4.78 is 18.7. The van der Waals surface area contributed by atoms with Gasteiger partial charge in [0.2, 0.25) is 5.91 Å². The minimum absolute atomic E-state index is 0.143. The first-order valence-corrected chi connectivity index (χ1v) is 11.0. The van der Waals surface area contributed by atoms with Gasteiger partial charge in [-0.05, 0) is 62.1 Å². The van der Waals surface area contributed by atoms with E-state index in [2.05, 4.69) is 5.32 Å². The lowest BCUT2D eigenvalue weighted by molar-refractivity contribution is -0.142. The van der Waals surface area contributed by atoms with Gasteiger partial charge in [-0.15, -0.1) is 0 Å². The fourth-order valence-electron chi connectivity index (χ4n) is 3.88. The number of hydrogen-bond acceptors (Lipinski definition) is 3. The van der Waals surface area contributed by atoms with E-state index in [9.17, 15) is 14.0 Å². The van der Waals surface area contributed by atoms with Crippen LogP contribution in [0.15, 0.2) is 48.5 Å². The summed E-state index contributed by atoms with van der Waals surface area (Å²) in [6.07, 6.45) is 5.42. The van der Waals surface area contributed by atoms with Crippen LogP contribution in [-0.4, -0.2) is 35.4 Å². The highest BCUT2D eigenvalue weighted by Crippen LogP contribution is 2.19. The standard InChI is InChI=1S/C25H31FN2O3/c1-18-8-6-7-9-20(18)16-28(19(2)25(30)27-22-10-4-3-5-11-22)24(29)17-31-23-14-12-21(26)13-15-23/h6-9,12-15,19,22H,3-5,10-11,16-17H2,1-2H3,(H,27,30). The monoisotopic (exact) mass is 426 g/mol. The maximum absolute atomic E-state index is 13.1. The Balaban J connectivity index is 1.71. The molecule has 2 aromatic carbocycles. The zero-order chi connectivity index (χ0) is 22.2. The number of hydrogen-bond donors (Lipinski definition) is 1. The minimum Gasteiger partial charge on any atom is -0.484 e. The molecule has 0 aliphatic heterocycles. The Bertz CT molecular complexity index is 879. The van der Waals surface area contributed by atoms with Crippen molar-refractivity contribution >= 4 is 11.8 Å². The topological polar surface area (TPSA) is 58.6 Å². The summed E-state index contributed by atoms with van der Waals surface area (Å²) in [6, 6.07) is 12.9. The number of carbonyl (C=O) groups excluding carboxylic acids is 2. The quantitative estimate of drug-likeness (QED) is 0.682. The van der Waals surface area contributed by atoms with Crippen LogP contribution in [0.2, 0.25) is 0 Å². The summed E-state index contributed by atoms with van der Waals surface area (Å²) in [5.74, 6) is -0.396.